The summed E-state index contributed by atoms with van der Waals surface area (Å²) in [5.41, 5.74) is 0.931. The highest BCUT2D eigenvalue weighted by Crippen LogP contribution is 2.28. The number of rotatable bonds is 6. The monoisotopic (exact) mass is 280 g/mol. The molecule has 0 amide bonds. The van der Waals surface area contributed by atoms with E-state index in [0.717, 1.165) is 29.2 Å². The fourth-order valence-corrected chi connectivity index (χ4v) is 2.52. The van der Waals surface area contributed by atoms with Crippen LogP contribution in [0.5, 0.6) is 0 Å². The van der Waals surface area contributed by atoms with E-state index in [4.69, 9.17) is 0 Å². The van der Waals surface area contributed by atoms with E-state index in [9.17, 15) is 4.39 Å². The molecule has 0 aliphatic rings. The molecule has 0 unspecified atom stereocenters. The summed E-state index contributed by atoms with van der Waals surface area (Å²) in [5.74, 6) is 0.555. The third-order valence-corrected chi connectivity index (χ3v) is 3.53. The Morgan fingerprint density at radius 2 is 2.26 bits per heavy atom. The quantitative estimate of drug-likeness (QED) is 0.799. The number of nitrogens with zero attached hydrogens (tertiary/aromatic N) is 2. The molecule has 19 heavy (non-hydrogen) atoms. The van der Waals surface area contributed by atoms with Crippen molar-refractivity contribution in [2.45, 2.75) is 36.9 Å². The molecule has 0 aliphatic heterocycles. The molecule has 0 fully saturated rings. The summed E-state index contributed by atoms with van der Waals surface area (Å²) in [6, 6.07) is 4.80. The Morgan fingerprint density at radius 3 is 2.95 bits per heavy atom. The van der Waals surface area contributed by atoms with Crippen molar-refractivity contribution >= 4 is 11.8 Å². The number of hydrogen-bond acceptors (Lipinski definition) is 4. The van der Waals surface area contributed by atoms with Crippen molar-refractivity contribution in [2.75, 3.05) is 6.54 Å². The molecule has 102 valence electrons. The second-order valence-electron chi connectivity index (χ2n) is 4.23. The van der Waals surface area contributed by atoms with Crippen LogP contribution in [0.1, 0.15) is 24.7 Å². The maximum Gasteiger partial charge on any atom is 0.213 e. The zero-order chi connectivity index (χ0) is 13.7. The van der Waals surface area contributed by atoms with Crippen LogP contribution in [0.25, 0.3) is 0 Å². The normalized spacial score (nSPS) is 10.9. The third-order valence-electron chi connectivity index (χ3n) is 2.54. The average Bonchev–Trinajstić information content (AvgIpc) is 2.78. The van der Waals surface area contributed by atoms with E-state index in [1.807, 2.05) is 6.92 Å². The van der Waals surface area contributed by atoms with E-state index >= 15 is 0 Å². The van der Waals surface area contributed by atoms with E-state index in [-0.39, 0.29) is 5.82 Å². The van der Waals surface area contributed by atoms with E-state index in [1.54, 1.807) is 12.1 Å². The number of aromatic nitrogens is 3. The molecule has 0 spiro atoms. The van der Waals surface area contributed by atoms with Crippen molar-refractivity contribution in [1.82, 2.24) is 20.5 Å². The van der Waals surface area contributed by atoms with Gasteiger partial charge in [0.1, 0.15) is 11.6 Å². The van der Waals surface area contributed by atoms with Gasteiger partial charge in [-0.15, -0.1) is 5.10 Å². The van der Waals surface area contributed by atoms with Gasteiger partial charge in [-0.3, -0.25) is 5.10 Å². The van der Waals surface area contributed by atoms with Gasteiger partial charge in [-0.1, -0.05) is 6.92 Å². The van der Waals surface area contributed by atoms with Gasteiger partial charge in [0.2, 0.25) is 5.16 Å². The summed E-state index contributed by atoms with van der Waals surface area (Å²) >= 11 is 1.44. The van der Waals surface area contributed by atoms with E-state index < -0.39 is 0 Å². The van der Waals surface area contributed by atoms with Crippen molar-refractivity contribution in [2.24, 2.45) is 0 Å². The first-order chi connectivity index (χ1) is 9.19. The van der Waals surface area contributed by atoms with Crippen LogP contribution >= 0.6 is 11.8 Å². The average molecular weight is 280 g/mol. The molecule has 0 radical (unpaired) electrons. The van der Waals surface area contributed by atoms with Gasteiger partial charge in [0.25, 0.3) is 0 Å². The molecule has 4 nitrogen and oxygen atoms in total. The highest BCUT2D eigenvalue weighted by atomic mass is 32.2. The molecule has 0 atom stereocenters. The van der Waals surface area contributed by atoms with Gasteiger partial charge >= 0.3 is 0 Å². The molecule has 2 aromatic rings. The van der Waals surface area contributed by atoms with Crippen molar-refractivity contribution in [3.05, 3.63) is 35.4 Å². The molecule has 0 saturated carbocycles. The fourth-order valence-electron chi connectivity index (χ4n) is 1.65. The van der Waals surface area contributed by atoms with Gasteiger partial charge in [0, 0.05) is 11.4 Å². The number of nitrogens with one attached hydrogen (secondary N) is 2. The predicted octanol–water partition coefficient (Wildman–Crippen LogP) is 2.90. The smallest absolute Gasteiger partial charge is 0.213 e. The van der Waals surface area contributed by atoms with Crippen LogP contribution in [-0.4, -0.2) is 21.7 Å². The van der Waals surface area contributed by atoms with Crippen LogP contribution in [0.3, 0.4) is 0 Å². The molecule has 0 saturated heterocycles. The minimum Gasteiger partial charge on any atom is -0.313 e. The van der Waals surface area contributed by atoms with Crippen LogP contribution in [0.4, 0.5) is 4.39 Å². The highest BCUT2D eigenvalue weighted by molar-refractivity contribution is 7.99. The molecular weight excluding hydrogens is 263 g/mol. The second kappa shape index (κ2) is 6.68. The number of H-pyrrole nitrogens is 1. The molecular formula is C13H17FN4S. The second-order valence-corrected chi connectivity index (χ2v) is 5.24. The minimum absolute atomic E-state index is 0.219. The standard InChI is InChI=1S/C13H17FN4S/c1-3-6-15-8-10-7-11(14)4-5-12(10)19-13-16-9(2)17-18-13/h4-5,7,15H,3,6,8H2,1-2H3,(H,16,17,18). The summed E-state index contributed by atoms with van der Waals surface area (Å²) in [7, 11) is 0. The fraction of sp³-hybridized carbons (Fsp3) is 0.385. The van der Waals surface area contributed by atoms with Crippen LogP contribution in [0, 0.1) is 12.7 Å². The lowest BCUT2D eigenvalue weighted by Crippen LogP contribution is -2.14. The third kappa shape index (κ3) is 4.04. The minimum atomic E-state index is -0.219. The summed E-state index contributed by atoms with van der Waals surface area (Å²) in [5, 5.41) is 10.8. The van der Waals surface area contributed by atoms with Crippen LogP contribution in [-0.2, 0) is 6.54 Å². The van der Waals surface area contributed by atoms with Crippen molar-refractivity contribution in [1.29, 1.82) is 0 Å². The maximum absolute atomic E-state index is 13.3. The highest BCUT2D eigenvalue weighted by Gasteiger charge is 2.09. The van der Waals surface area contributed by atoms with Crippen LogP contribution < -0.4 is 5.32 Å². The SMILES string of the molecule is CCCNCc1cc(F)ccc1Sc1n[nH]c(C)n1. The Balaban J connectivity index is 2.14. The van der Waals surface area contributed by atoms with Crippen LogP contribution in [0.2, 0.25) is 0 Å². The molecule has 1 aromatic carbocycles. The van der Waals surface area contributed by atoms with Crippen molar-refractivity contribution in [3.63, 3.8) is 0 Å². The van der Waals surface area contributed by atoms with E-state index in [0.29, 0.717) is 11.7 Å². The number of aryl methyl sites for hydroxylation is 1. The Kier molecular flexibility index (Phi) is 4.93. The molecule has 2 rings (SSSR count). The lowest BCUT2D eigenvalue weighted by Gasteiger charge is -2.08. The number of benzene rings is 1. The van der Waals surface area contributed by atoms with Gasteiger partial charge in [0.05, 0.1) is 0 Å². The summed E-state index contributed by atoms with van der Waals surface area (Å²) < 4.78 is 13.3. The topological polar surface area (TPSA) is 53.6 Å². The van der Waals surface area contributed by atoms with Crippen LogP contribution in [0.15, 0.2) is 28.3 Å². The molecule has 1 heterocycles. The summed E-state index contributed by atoms with van der Waals surface area (Å²) in [6.07, 6.45) is 1.05. The zero-order valence-electron chi connectivity index (χ0n) is 11.0. The van der Waals surface area contributed by atoms with E-state index in [2.05, 4.69) is 27.4 Å². The first kappa shape index (κ1) is 14.0. The lowest BCUT2D eigenvalue weighted by atomic mass is 10.2. The van der Waals surface area contributed by atoms with Crippen molar-refractivity contribution < 1.29 is 4.39 Å². The van der Waals surface area contributed by atoms with Crippen molar-refractivity contribution in [3.8, 4) is 0 Å². The molecule has 2 N–H and O–H groups in total. The summed E-state index contributed by atoms with van der Waals surface area (Å²) in [4.78, 5) is 5.22. The zero-order valence-corrected chi connectivity index (χ0v) is 11.9. The number of aromatic amines is 1. The largest absolute Gasteiger partial charge is 0.313 e. The van der Waals surface area contributed by atoms with E-state index in [1.165, 1.54) is 17.8 Å². The number of hydrogen-bond donors (Lipinski definition) is 2. The van der Waals surface area contributed by atoms with Gasteiger partial charge in [-0.05, 0) is 55.4 Å². The van der Waals surface area contributed by atoms with Gasteiger partial charge in [0.15, 0.2) is 0 Å². The molecule has 6 heteroatoms. The van der Waals surface area contributed by atoms with Gasteiger partial charge in [-0.2, -0.15) is 0 Å². The predicted molar refractivity (Wildman–Crippen MR) is 73.6 cm³/mol. The number of halogens is 1. The Morgan fingerprint density at radius 1 is 1.42 bits per heavy atom. The molecule has 1 aromatic heterocycles. The lowest BCUT2D eigenvalue weighted by molar-refractivity contribution is 0.615. The first-order valence-corrected chi connectivity index (χ1v) is 7.06. The van der Waals surface area contributed by atoms with Gasteiger partial charge in [-0.25, -0.2) is 9.37 Å². The Bertz CT molecular complexity index is 541. The first-order valence-electron chi connectivity index (χ1n) is 6.25. The molecule has 0 bridgehead atoms. The Hall–Kier alpha value is -1.40. The van der Waals surface area contributed by atoms with Gasteiger partial charge < -0.3 is 5.32 Å². The molecule has 0 aliphatic carbocycles. The summed E-state index contributed by atoms with van der Waals surface area (Å²) in [6.45, 7) is 5.52. The maximum atomic E-state index is 13.3. The Labute approximate surface area is 116 Å².